The quantitative estimate of drug-likeness (QED) is 0.883. The van der Waals surface area contributed by atoms with E-state index in [9.17, 15) is 14.4 Å². The molecule has 1 aliphatic heterocycles. The number of likely N-dealkylation sites (tertiary alicyclic amines) is 1. The summed E-state index contributed by atoms with van der Waals surface area (Å²) in [5, 5.41) is 4.41. The van der Waals surface area contributed by atoms with Gasteiger partial charge < -0.3 is 15.1 Å². The number of hydrogen-bond donors (Lipinski definition) is 1. The third kappa shape index (κ3) is 3.60. The minimum absolute atomic E-state index is 0.0644. The summed E-state index contributed by atoms with van der Waals surface area (Å²) in [5.74, 6) is -0.531. The van der Waals surface area contributed by atoms with Crippen LogP contribution in [0.15, 0.2) is 17.5 Å². The van der Waals surface area contributed by atoms with E-state index in [1.165, 1.54) is 16.2 Å². The summed E-state index contributed by atoms with van der Waals surface area (Å²) in [6, 6.07) is 3.10. The van der Waals surface area contributed by atoms with Crippen LogP contribution < -0.4 is 5.32 Å². The van der Waals surface area contributed by atoms with E-state index in [1.807, 2.05) is 5.38 Å². The van der Waals surface area contributed by atoms with Crippen molar-refractivity contribution < 1.29 is 14.4 Å². The Morgan fingerprint density at radius 1 is 1.43 bits per heavy atom. The first kappa shape index (κ1) is 15.5. The van der Waals surface area contributed by atoms with Gasteiger partial charge in [-0.2, -0.15) is 0 Å². The molecular weight excluding hydrogens is 290 g/mol. The average Bonchev–Trinajstić information content (AvgIpc) is 3.13. The summed E-state index contributed by atoms with van der Waals surface area (Å²) < 4.78 is 0. The van der Waals surface area contributed by atoms with E-state index in [-0.39, 0.29) is 24.3 Å². The van der Waals surface area contributed by atoms with Crippen LogP contribution in [0.2, 0.25) is 0 Å². The lowest BCUT2D eigenvalue weighted by Gasteiger charge is -2.26. The molecule has 1 N–H and O–H groups in total. The van der Waals surface area contributed by atoms with Crippen molar-refractivity contribution >= 4 is 29.1 Å². The monoisotopic (exact) mass is 309 g/mol. The lowest BCUT2D eigenvalue weighted by Crippen LogP contribution is -2.48. The zero-order valence-electron chi connectivity index (χ0n) is 12.2. The highest BCUT2D eigenvalue weighted by Gasteiger charge is 2.34. The predicted octanol–water partition coefficient (Wildman–Crippen LogP) is 0.557. The number of rotatable bonds is 4. The standard InChI is InChI=1S/C14H19N3O3S/c1-16(2)14(20)10-5-3-7-17(10)12(18)9-15-13(19)11-6-4-8-21-11/h4,6,8,10H,3,5,7,9H2,1-2H3,(H,15,19). The first-order valence-electron chi connectivity index (χ1n) is 6.83. The molecule has 1 aromatic heterocycles. The first-order valence-corrected chi connectivity index (χ1v) is 7.71. The molecule has 0 radical (unpaired) electrons. The molecule has 6 nitrogen and oxygen atoms in total. The molecule has 1 atom stereocenters. The molecule has 3 amide bonds. The van der Waals surface area contributed by atoms with Gasteiger partial charge in [0.2, 0.25) is 11.8 Å². The summed E-state index contributed by atoms with van der Waals surface area (Å²) in [7, 11) is 3.36. The van der Waals surface area contributed by atoms with Crippen LogP contribution in [0.3, 0.4) is 0 Å². The molecule has 0 bridgehead atoms. The lowest BCUT2D eigenvalue weighted by atomic mass is 10.2. The van der Waals surface area contributed by atoms with E-state index in [0.29, 0.717) is 17.8 Å². The van der Waals surface area contributed by atoms with Gasteiger partial charge >= 0.3 is 0 Å². The Balaban J connectivity index is 1.90. The maximum atomic E-state index is 12.2. The van der Waals surface area contributed by atoms with E-state index in [4.69, 9.17) is 0 Å². The SMILES string of the molecule is CN(C)C(=O)C1CCCN1C(=O)CNC(=O)c1cccs1. The highest BCUT2D eigenvalue weighted by molar-refractivity contribution is 7.12. The fourth-order valence-corrected chi connectivity index (χ4v) is 3.01. The van der Waals surface area contributed by atoms with Crippen molar-refractivity contribution in [3.8, 4) is 0 Å². The number of hydrogen-bond acceptors (Lipinski definition) is 4. The van der Waals surface area contributed by atoms with Gasteiger partial charge in [0.15, 0.2) is 0 Å². The topological polar surface area (TPSA) is 69.7 Å². The van der Waals surface area contributed by atoms with Gasteiger partial charge in [-0.25, -0.2) is 0 Å². The van der Waals surface area contributed by atoms with Crippen molar-refractivity contribution in [2.75, 3.05) is 27.2 Å². The van der Waals surface area contributed by atoms with Crippen LogP contribution in [0.5, 0.6) is 0 Å². The Bertz CT molecular complexity index is 528. The number of carbonyl (C=O) groups excluding carboxylic acids is 3. The molecule has 0 spiro atoms. The summed E-state index contributed by atoms with van der Waals surface area (Å²) in [6.07, 6.45) is 1.50. The zero-order valence-corrected chi connectivity index (χ0v) is 13.0. The van der Waals surface area contributed by atoms with Crippen molar-refractivity contribution in [1.29, 1.82) is 0 Å². The van der Waals surface area contributed by atoms with Gasteiger partial charge in [-0.3, -0.25) is 14.4 Å². The van der Waals surface area contributed by atoms with Crippen molar-refractivity contribution in [2.24, 2.45) is 0 Å². The van der Waals surface area contributed by atoms with Crippen molar-refractivity contribution in [1.82, 2.24) is 15.1 Å². The number of thiophene rings is 1. The second-order valence-corrected chi connectivity index (χ2v) is 6.09. The number of amides is 3. The van der Waals surface area contributed by atoms with Crippen LogP contribution in [0.1, 0.15) is 22.5 Å². The van der Waals surface area contributed by atoms with E-state index in [2.05, 4.69) is 5.32 Å². The molecule has 1 aliphatic rings. The number of carbonyl (C=O) groups is 3. The Labute approximate surface area is 127 Å². The minimum Gasteiger partial charge on any atom is -0.347 e. The smallest absolute Gasteiger partial charge is 0.261 e. The molecule has 0 aromatic carbocycles. The van der Waals surface area contributed by atoms with Gasteiger partial charge in [-0.05, 0) is 24.3 Å². The van der Waals surface area contributed by atoms with Gasteiger partial charge in [-0.1, -0.05) is 6.07 Å². The largest absolute Gasteiger partial charge is 0.347 e. The maximum absolute atomic E-state index is 12.2. The van der Waals surface area contributed by atoms with Crippen LogP contribution in [0.25, 0.3) is 0 Å². The highest BCUT2D eigenvalue weighted by Crippen LogP contribution is 2.18. The summed E-state index contributed by atoms with van der Waals surface area (Å²) in [4.78, 5) is 39.7. The van der Waals surface area contributed by atoms with Gasteiger partial charge in [0, 0.05) is 20.6 Å². The second kappa shape index (κ2) is 6.71. The van der Waals surface area contributed by atoms with E-state index < -0.39 is 6.04 Å². The van der Waals surface area contributed by atoms with E-state index in [1.54, 1.807) is 31.1 Å². The molecule has 1 saturated heterocycles. The first-order chi connectivity index (χ1) is 10.0. The Morgan fingerprint density at radius 3 is 2.81 bits per heavy atom. The van der Waals surface area contributed by atoms with Crippen LogP contribution >= 0.6 is 11.3 Å². The lowest BCUT2D eigenvalue weighted by molar-refractivity contribution is -0.141. The van der Waals surface area contributed by atoms with Gasteiger partial charge in [-0.15, -0.1) is 11.3 Å². The van der Waals surface area contributed by atoms with Gasteiger partial charge in [0.05, 0.1) is 11.4 Å². The van der Waals surface area contributed by atoms with Crippen LogP contribution in [-0.4, -0.2) is 60.7 Å². The Kier molecular flexibility index (Phi) is 4.95. The Hall–Kier alpha value is -1.89. The molecule has 7 heteroatoms. The molecule has 21 heavy (non-hydrogen) atoms. The van der Waals surface area contributed by atoms with Crippen molar-refractivity contribution in [3.63, 3.8) is 0 Å². The predicted molar refractivity (Wildman–Crippen MR) is 80.1 cm³/mol. The molecule has 0 saturated carbocycles. The Morgan fingerprint density at radius 2 is 2.19 bits per heavy atom. The maximum Gasteiger partial charge on any atom is 0.261 e. The fourth-order valence-electron chi connectivity index (χ4n) is 2.37. The van der Waals surface area contributed by atoms with Crippen LogP contribution in [0, 0.1) is 0 Å². The van der Waals surface area contributed by atoms with Crippen LogP contribution in [0.4, 0.5) is 0 Å². The third-order valence-corrected chi connectivity index (χ3v) is 4.31. The molecule has 1 aromatic rings. The van der Waals surface area contributed by atoms with E-state index in [0.717, 1.165) is 6.42 Å². The summed E-state index contributed by atoms with van der Waals surface area (Å²) >= 11 is 1.33. The fraction of sp³-hybridized carbons (Fsp3) is 0.500. The van der Waals surface area contributed by atoms with Gasteiger partial charge in [0.25, 0.3) is 5.91 Å². The van der Waals surface area contributed by atoms with Crippen molar-refractivity contribution in [3.05, 3.63) is 22.4 Å². The molecule has 1 fully saturated rings. The summed E-state index contributed by atoms with van der Waals surface area (Å²) in [5.41, 5.74) is 0. The minimum atomic E-state index is -0.397. The van der Waals surface area contributed by atoms with Gasteiger partial charge in [0.1, 0.15) is 6.04 Å². The molecule has 2 heterocycles. The third-order valence-electron chi connectivity index (χ3n) is 3.44. The van der Waals surface area contributed by atoms with E-state index >= 15 is 0 Å². The molecule has 1 unspecified atom stereocenters. The second-order valence-electron chi connectivity index (χ2n) is 5.14. The molecule has 2 rings (SSSR count). The molecule has 0 aliphatic carbocycles. The number of nitrogens with zero attached hydrogens (tertiary/aromatic N) is 2. The van der Waals surface area contributed by atoms with Crippen molar-refractivity contribution in [2.45, 2.75) is 18.9 Å². The molecular formula is C14H19N3O3S. The number of nitrogens with one attached hydrogen (secondary N) is 1. The average molecular weight is 309 g/mol. The zero-order chi connectivity index (χ0) is 15.4. The normalized spacial score (nSPS) is 17.6. The highest BCUT2D eigenvalue weighted by atomic mass is 32.1. The molecule has 114 valence electrons. The number of likely N-dealkylation sites (N-methyl/N-ethyl adjacent to an activating group) is 1. The van der Waals surface area contributed by atoms with Crippen LogP contribution in [-0.2, 0) is 9.59 Å². The summed E-state index contributed by atoms with van der Waals surface area (Å²) in [6.45, 7) is 0.492.